The molecule has 1 aliphatic heterocycles. The molecule has 0 radical (unpaired) electrons. The molecule has 0 fully saturated rings. The van der Waals surface area contributed by atoms with Gasteiger partial charge < -0.3 is 14.0 Å². The lowest BCUT2D eigenvalue weighted by atomic mass is 10.1. The van der Waals surface area contributed by atoms with Crippen molar-refractivity contribution in [3.05, 3.63) is 71.3 Å². The van der Waals surface area contributed by atoms with Crippen molar-refractivity contribution in [2.75, 3.05) is 7.11 Å². The zero-order chi connectivity index (χ0) is 23.9. The van der Waals surface area contributed by atoms with Gasteiger partial charge in [0, 0.05) is 12.7 Å². The summed E-state index contributed by atoms with van der Waals surface area (Å²) in [5, 5.41) is 8.69. The normalized spacial score (nSPS) is 12.1. The van der Waals surface area contributed by atoms with Gasteiger partial charge in [-0.05, 0) is 43.0 Å². The number of rotatable bonds is 3. The van der Waals surface area contributed by atoms with Gasteiger partial charge in [-0.2, -0.15) is 0 Å². The average molecular weight is 466 g/mol. The molecule has 172 valence electrons. The lowest BCUT2D eigenvalue weighted by Gasteiger charge is -2.08. The Morgan fingerprint density at radius 2 is 1.94 bits per heavy atom. The highest BCUT2D eigenvalue weighted by molar-refractivity contribution is 5.70. The standard InChI is InChI=1S/C23H17F3N6O2/c1-14-3-8-19-17(9-14)22-30-29-21(12-33-2)31(22)11-20-18(28-13-32(19)20)7-5-15-4-6-16(10-27-15)34-23(24,25)26/h3-4,6,8-10,13H,11-12H2,1-2H3. The van der Waals surface area contributed by atoms with Crippen LogP contribution in [0.1, 0.15) is 28.5 Å². The summed E-state index contributed by atoms with van der Waals surface area (Å²) >= 11 is 0. The summed E-state index contributed by atoms with van der Waals surface area (Å²) in [4.78, 5) is 8.41. The first kappa shape index (κ1) is 21.7. The fourth-order valence-corrected chi connectivity index (χ4v) is 3.73. The minimum absolute atomic E-state index is 0.283. The predicted octanol–water partition coefficient (Wildman–Crippen LogP) is 3.64. The van der Waals surface area contributed by atoms with Gasteiger partial charge in [0.15, 0.2) is 11.6 Å². The first-order valence-electron chi connectivity index (χ1n) is 10.1. The van der Waals surface area contributed by atoms with Gasteiger partial charge in [-0.15, -0.1) is 23.4 Å². The van der Waals surface area contributed by atoms with E-state index >= 15 is 0 Å². The molecule has 4 aromatic rings. The number of aryl methyl sites for hydroxylation is 1. The third kappa shape index (κ3) is 4.11. The number of alkyl halides is 3. The molecular formula is C23H17F3N6O2. The van der Waals surface area contributed by atoms with Crippen LogP contribution in [0, 0.1) is 18.8 Å². The molecule has 0 bridgehead atoms. The third-order valence-electron chi connectivity index (χ3n) is 5.21. The Morgan fingerprint density at radius 3 is 2.68 bits per heavy atom. The van der Waals surface area contributed by atoms with Crippen LogP contribution >= 0.6 is 0 Å². The molecule has 34 heavy (non-hydrogen) atoms. The smallest absolute Gasteiger partial charge is 0.404 e. The first-order valence-corrected chi connectivity index (χ1v) is 10.1. The summed E-state index contributed by atoms with van der Waals surface area (Å²) in [6.45, 7) is 2.70. The van der Waals surface area contributed by atoms with Crippen LogP contribution in [0.4, 0.5) is 13.2 Å². The van der Waals surface area contributed by atoms with Gasteiger partial charge in [0.2, 0.25) is 0 Å². The Kier molecular flexibility index (Phi) is 5.30. The van der Waals surface area contributed by atoms with Crippen LogP contribution in [0.2, 0.25) is 0 Å². The van der Waals surface area contributed by atoms with E-state index < -0.39 is 12.1 Å². The molecule has 0 atom stereocenters. The minimum atomic E-state index is -4.78. The Hall–Kier alpha value is -4.17. The van der Waals surface area contributed by atoms with Crippen LogP contribution in [0.25, 0.3) is 17.1 Å². The number of hydrogen-bond donors (Lipinski definition) is 0. The van der Waals surface area contributed by atoms with E-state index in [1.807, 2.05) is 34.3 Å². The molecule has 0 unspecified atom stereocenters. The number of halogens is 3. The molecule has 1 aromatic carbocycles. The van der Waals surface area contributed by atoms with Gasteiger partial charge in [-0.25, -0.2) is 9.97 Å². The molecule has 4 heterocycles. The van der Waals surface area contributed by atoms with Gasteiger partial charge in [0.1, 0.15) is 30.1 Å². The van der Waals surface area contributed by atoms with Gasteiger partial charge in [-0.1, -0.05) is 11.6 Å². The minimum Gasteiger partial charge on any atom is -0.404 e. The molecule has 0 N–H and O–H groups in total. The second-order valence-corrected chi connectivity index (χ2v) is 7.57. The first-order chi connectivity index (χ1) is 16.3. The Bertz CT molecular complexity index is 1430. The predicted molar refractivity (Wildman–Crippen MR) is 114 cm³/mol. The van der Waals surface area contributed by atoms with Gasteiger partial charge >= 0.3 is 6.36 Å². The van der Waals surface area contributed by atoms with Crippen LogP contribution in [0.15, 0.2) is 42.9 Å². The molecule has 0 saturated carbocycles. The van der Waals surface area contributed by atoms with Crippen molar-refractivity contribution in [1.29, 1.82) is 0 Å². The van der Waals surface area contributed by atoms with Crippen molar-refractivity contribution >= 4 is 0 Å². The topological polar surface area (TPSA) is 79.9 Å². The summed E-state index contributed by atoms with van der Waals surface area (Å²) in [6.07, 6.45) is -2.11. The SMILES string of the molecule is COCc1nnc2n1Cc1c(C#Cc3ccc(OC(F)(F)F)cn3)ncn1-c1ccc(C)cc1-2. The molecular weight excluding hydrogens is 449 g/mol. The van der Waals surface area contributed by atoms with Crippen molar-refractivity contribution in [1.82, 2.24) is 29.3 Å². The van der Waals surface area contributed by atoms with Gasteiger partial charge in [-0.3, -0.25) is 4.57 Å². The molecule has 3 aromatic heterocycles. The highest BCUT2D eigenvalue weighted by Crippen LogP contribution is 2.33. The Balaban J connectivity index is 1.55. The summed E-state index contributed by atoms with van der Waals surface area (Å²) in [6, 6.07) is 8.56. The molecule has 11 heteroatoms. The van der Waals surface area contributed by atoms with Crippen molar-refractivity contribution in [3.63, 3.8) is 0 Å². The number of ether oxygens (including phenoxy) is 2. The van der Waals surface area contributed by atoms with Crippen molar-refractivity contribution in [2.45, 2.75) is 26.4 Å². The van der Waals surface area contributed by atoms with E-state index in [0.717, 1.165) is 40.6 Å². The Morgan fingerprint density at radius 1 is 1.09 bits per heavy atom. The van der Waals surface area contributed by atoms with E-state index in [2.05, 4.69) is 36.7 Å². The van der Waals surface area contributed by atoms with E-state index in [0.29, 0.717) is 24.7 Å². The van der Waals surface area contributed by atoms with E-state index in [-0.39, 0.29) is 5.69 Å². The van der Waals surface area contributed by atoms with Gasteiger partial charge in [0.25, 0.3) is 0 Å². The van der Waals surface area contributed by atoms with Crippen LogP contribution in [0.5, 0.6) is 5.75 Å². The summed E-state index contributed by atoms with van der Waals surface area (Å²) in [5.74, 6) is 6.82. The van der Waals surface area contributed by atoms with Crippen LogP contribution < -0.4 is 4.74 Å². The van der Waals surface area contributed by atoms with E-state index in [1.54, 1.807) is 13.4 Å². The largest absolute Gasteiger partial charge is 0.573 e. The second-order valence-electron chi connectivity index (χ2n) is 7.57. The maximum atomic E-state index is 12.3. The van der Waals surface area contributed by atoms with Crippen molar-refractivity contribution in [3.8, 4) is 34.7 Å². The monoisotopic (exact) mass is 466 g/mol. The average Bonchev–Trinajstić information content (AvgIpc) is 3.34. The van der Waals surface area contributed by atoms with Gasteiger partial charge in [0.05, 0.1) is 24.1 Å². The highest BCUT2D eigenvalue weighted by Gasteiger charge is 2.31. The number of nitrogens with zero attached hydrogens (tertiary/aromatic N) is 6. The lowest BCUT2D eigenvalue weighted by molar-refractivity contribution is -0.274. The van der Waals surface area contributed by atoms with Crippen molar-refractivity contribution < 1.29 is 22.6 Å². The van der Waals surface area contributed by atoms with E-state index in [4.69, 9.17) is 4.74 Å². The number of benzene rings is 1. The van der Waals surface area contributed by atoms with Crippen LogP contribution in [0.3, 0.4) is 0 Å². The molecule has 5 rings (SSSR count). The number of fused-ring (bicyclic) bond motifs is 5. The summed E-state index contributed by atoms with van der Waals surface area (Å²) in [7, 11) is 1.59. The molecule has 0 saturated heterocycles. The fraction of sp³-hybridized carbons (Fsp3) is 0.217. The quantitative estimate of drug-likeness (QED) is 0.378. The summed E-state index contributed by atoms with van der Waals surface area (Å²) in [5.41, 5.74) is 4.48. The fourth-order valence-electron chi connectivity index (χ4n) is 3.73. The molecule has 0 amide bonds. The number of hydrogen-bond acceptors (Lipinski definition) is 6. The van der Waals surface area contributed by atoms with Crippen LogP contribution in [-0.4, -0.2) is 42.8 Å². The van der Waals surface area contributed by atoms with Crippen LogP contribution in [-0.2, 0) is 17.9 Å². The zero-order valence-electron chi connectivity index (χ0n) is 18.1. The molecule has 8 nitrogen and oxygen atoms in total. The Labute approximate surface area is 192 Å². The lowest BCUT2D eigenvalue weighted by Crippen LogP contribution is -2.17. The number of pyridine rings is 1. The highest BCUT2D eigenvalue weighted by atomic mass is 19.4. The summed E-state index contributed by atoms with van der Waals surface area (Å²) < 4.78 is 50.1. The number of aromatic nitrogens is 6. The molecule has 0 aliphatic carbocycles. The molecule has 1 aliphatic rings. The maximum absolute atomic E-state index is 12.3. The second kappa shape index (κ2) is 8.31. The van der Waals surface area contributed by atoms with E-state index in [9.17, 15) is 13.2 Å². The molecule has 0 spiro atoms. The maximum Gasteiger partial charge on any atom is 0.573 e. The number of methoxy groups -OCH3 is 1. The third-order valence-corrected chi connectivity index (χ3v) is 5.21. The zero-order valence-corrected chi connectivity index (χ0v) is 18.1. The van der Waals surface area contributed by atoms with Crippen molar-refractivity contribution in [2.24, 2.45) is 0 Å². The van der Waals surface area contributed by atoms with E-state index in [1.165, 1.54) is 6.07 Å². The number of imidazole rings is 1.